The molecular formula is C16H17F3N2O3. The van der Waals surface area contributed by atoms with E-state index < -0.39 is 24.8 Å². The van der Waals surface area contributed by atoms with E-state index in [2.05, 4.69) is 10.3 Å². The zero-order valence-electron chi connectivity index (χ0n) is 12.9. The summed E-state index contributed by atoms with van der Waals surface area (Å²) in [6.45, 7) is 0.358. The molecule has 2 N–H and O–H groups in total. The summed E-state index contributed by atoms with van der Waals surface area (Å²) in [5.74, 6) is -0.600. The largest absolute Gasteiger partial charge is 0.483 e. The molecule has 0 fully saturated rings. The van der Waals surface area contributed by atoms with E-state index in [4.69, 9.17) is 4.74 Å². The summed E-state index contributed by atoms with van der Waals surface area (Å²) in [4.78, 5) is 16.2. The van der Waals surface area contributed by atoms with Gasteiger partial charge in [0.2, 0.25) is 0 Å². The second-order valence-electron chi connectivity index (χ2n) is 5.32. The van der Waals surface area contributed by atoms with Gasteiger partial charge in [0.1, 0.15) is 11.4 Å². The second kappa shape index (κ2) is 7.48. The van der Waals surface area contributed by atoms with Gasteiger partial charge in [-0.2, -0.15) is 13.2 Å². The van der Waals surface area contributed by atoms with Gasteiger partial charge in [-0.05, 0) is 25.5 Å². The minimum Gasteiger partial charge on any atom is -0.483 e. The first-order valence-corrected chi connectivity index (χ1v) is 7.32. The first-order valence-electron chi connectivity index (χ1n) is 7.32. The Morgan fingerprint density at radius 3 is 2.75 bits per heavy atom. The van der Waals surface area contributed by atoms with Gasteiger partial charge in [0, 0.05) is 18.0 Å². The Bertz CT molecular complexity index is 717. The number of amides is 1. The third kappa shape index (κ3) is 5.09. The molecule has 0 spiro atoms. The molecule has 0 aliphatic carbocycles. The standard InChI is InChI=1S/C16H17F3N2O3/c1-10(22)6-7-20-15(23)13-8-14(24-9-16(17,18)19)11-4-2-3-5-12(11)21-13/h2-5,8,10,22H,6-7,9H2,1H3,(H,20,23). The number of halogens is 3. The number of fused-ring (bicyclic) bond motifs is 1. The minimum atomic E-state index is -4.48. The Morgan fingerprint density at radius 1 is 1.38 bits per heavy atom. The number of para-hydroxylation sites is 1. The molecule has 1 heterocycles. The summed E-state index contributed by atoms with van der Waals surface area (Å²) < 4.78 is 42.0. The van der Waals surface area contributed by atoms with Crippen molar-refractivity contribution in [3.63, 3.8) is 0 Å². The van der Waals surface area contributed by atoms with Gasteiger partial charge in [-0.15, -0.1) is 0 Å². The van der Waals surface area contributed by atoms with Crippen LogP contribution in [0, 0.1) is 0 Å². The maximum atomic E-state index is 12.4. The zero-order valence-corrected chi connectivity index (χ0v) is 12.9. The molecule has 1 unspecified atom stereocenters. The predicted octanol–water partition coefficient (Wildman–Crippen LogP) is 2.68. The molecule has 5 nitrogen and oxygen atoms in total. The summed E-state index contributed by atoms with van der Waals surface area (Å²) in [7, 11) is 0. The van der Waals surface area contributed by atoms with Gasteiger partial charge >= 0.3 is 6.18 Å². The molecule has 1 atom stereocenters. The number of carbonyl (C=O) groups excluding carboxylic acids is 1. The molecule has 8 heteroatoms. The molecule has 24 heavy (non-hydrogen) atoms. The maximum absolute atomic E-state index is 12.4. The van der Waals surface area contributed by atoms with E-state index in [-0.39, 0.29) is 18.0 Å². The lowest BCUT2D eigenvalue weighted by atomic mass is 10.1. The summed E-state index contributed by atoms with van der Waals surface area (Å²) in [6, 6.07) is 7.65. The van der Waals surface area contributed by atoms with E-state index in [1.165, 1.54) is 6.07 Å². The highest BCUT2D eigenvalue weighted by molar-refractivity contribution is 5.97. The van der Waals surface area contributed by atoms with Crippen LogP contribution in [-0.2, 0) is 0 Å². The molecule has 1 aromatic carbocycles. The highest BCUT2D eigenvalue weighted by Gasteiger charge is 2.29. The van der Waals surface area contributed by atoms with Crippen molar-refractivity contribution in [1.82, 2.24) is 10.3 Å². The third-order valence-corrected chi connectivity index (χ3v) is 3.15. The van der Waals surface area contributed by atoms with Crippen LogP contribution in [-0.4, -0.2) is 41.4 Å². The highest BCUT2D eigenvalue weighted by Crippen LogP contribution is 2.27. The van der Waals surface area contributed by atoms with Gasteiger partial charge in [0.25, 0.3) is 5.91 Å². The molecule has 0 radical (unpaired) electrons. The van der Waals surface area contributed by atoms with Crippen LogP contribution < -0.4 is 10.1 Å². The van der Waals surface area contributed by atoms with E-state index in [0.29, 0.717) is 17.3 Å². The number of aliphatic hydroxyl groups is 1. The Kier molecular flexibility index (Phi) is 5.61. The number of pyridine rings is 1. The van der Waals surface area contributed by atoms with Crippen molar-refractivity contribution in [3.8, 4) is 5.75 Å². The minimum absolute atomic E-state index is 0.0449. The SMILES string of the molecule is CC(O)CCNC(=O)c1cc(OCC(F)(F)F)c2ccccc2n1. The van der Waals surface area contributed by atoms with Crippen LogP contribution in [0.1, 0.15) is 23.8 Å². The fourth-order valence-corrected chi connectivity index (χ4v) is 2.02. The van der Waals surface area contributed by atoms with Gasteiger partial charge in [-0.25, -0.2) is 4.98 Å². The first-order chi connectivity index (χ1) is 11.3. The van der Waals surface area contributed by atoms with Gasteiger partial charge in [0.05, 0.1) is 11.6 Å². The van der Waals surface area contributed by atoms with Crippen LogP contribution in [0.4, 0.5) is 13.2 Å². The number of aliphatic hydroxyl groups excluding tert-OH is 1. The molecular weight excluding hydrogens is 325 g/mol. The quantitative estimate of drug-likeness (QED) is 0.847. The number of alkyl halides is 3. The van der Waals surface area contributed by atoms with E-state index in [1.807, 2.05) is 0 Å². The zero-order chi connectivity index (χ0) is 17.7. The van der Waals surface area contributed by atoms with E-state index in [0.717, 1.165) is 0 Å². The van der Waals surface area contributed by atoms with E-state index in [9.17, 15) is 23.1 Å². The van der Waals surface area contributed by atoms with Crippen molar-refractivity contribution < 1.29 is 27.8 Å². The van der Waals surface area contributed by atoms with Crippen LogP contribution in [0.15, 0.2) is 30.3 Å². The summed E-state index contributed by atoms with van der Waals surface area (Å²) in [5, 5.41) is 12.1. The number of hydrogen-bond acceptors (Lipinski definition) is 4. The monoisotopic (exact) mass is 342 g/mol. The number of nitrogens with one attached hydrogen (secondary N) is 1. The molecule has 1 aromatic heterocycles. The highest BCUT2D eigenvalue weighted by atomic mass is 19.4. The number of aromatic nitrogens is 1. The molecule has 130 valence electrons. The average Bonchev–Trinajstić information content (AvgIpc) is 2.51. The molecule has 0 saturated heterocycles. The van der Waals surface area contributed by atoms with Gasteiger partial charge in [0.15, 0.2) is 6.61 Å². The topological polar surface area (TPSA) is 71.5 Å². The molecule has 1 amide bonds. The second-order valence-corrected chi connectivity index (χ2v) is 5.32. The Morgan fingerprint density at radius 2 is 2.08 bits per heavy atom. The molecule has 2 rings (SSSR count). The predicted molar refractivity (Wildman–Crippen MR) is 81.9 cm³/mol. The van der Waals surface area contributed by atoms with Gasteiger partial charge < -0.3 is 15.2 Å². The normalized spacial score (nSPS) is 12.9. The van der Waals surface area contributed by atoms with Crippen LogP contribution >= 0.6 is 0 Å². The smallest absolute Gasteiger partial charge is 0.422 e. The number of nitrogens with zero attached hydrogens (tertiary/aromatic N) is 1. The molecule has 0 aliphatic rings. The number of hydrogen-bond donors (Lipinski definition) is 2. The van der Waals surface area contributed by atoms with Gasteiger partial charge in [-0.1, -0.05) is 12.1 Å². The van der Waals surface area contributed by atoms with Crippen molar-refractivity contribution in [1.29, 1.82) is 0 Å². The molecule has 0 saturated carbocycles. The van der Waals surface area contributed by atoms with Crippen LogP contribution in [0.5, 0.6) is 5.75 Å². The Labute approximate surface area is 136 Å². The maximum Gasteiger partial charge on any atom is 0.422 e. The third-order valence-electron chi connectivity index (χ3n) is 3.15. The fourth-order valence-electron chi connectivity index (χ4n) is 2.02. The fraction of sp³-hybridized carbons (Fsp3) is 0.375. The van der Waals surface area contributed by atoms with Crippen molar-refractivity contribution in [3.05, 3.63) is 36.0 Å². The van der Waals surface area contributed by atoms with Crippen LogP contribution in [0.25, 0.3) is 10.9 Å². The van der Waals surface area contributed by atoms with Crippen LogP contribution in [0.2, 0.25) is 0 Å². The summed E-state index contributed by atoms with van der Waals surface area (Å²) in [6.07, 6.45) is -4.69. The summed E-state index contributed by atoms with van der Waals surface area (Å²) in [5.41, 5.74) is 0.314. The van der Waals surface area contributed by atoms with Crippen molar-refractivity contribution in [2.45, 2.75) is 25.6 Å². The number of benzene rings is 1. The number of carbonyl (C=O) groups is 1. The Balaban J connectivity index is 2.26. The average molecular weight is 342 g/mol. The lowest BCUT2D eigenvalue weighted by molar-refractivity contribution is -0.153. The van der Waals surface area contributed by atoms with Crippen molar-refractivity contribution in [2.75, 3.05) is 13.2 Å². The first kappa shape index (κ1) is 18.0. The summed E-state index contributed by atoms with van der Waals surface area (Å²) >= 11 is 0. The van der Waals surface area contributed by atoms with Gasteiger partial charge in [-0.3, -0.25) is 4.79 Å². The van der Waals surface area contributed by atoms with E-state index >= 15 is 0 Å². The number of ether oxygens (including phenoxy) is 1. The van der Waals surface area contributed by atoms with E-state index in [1.54, 1.807) is 31.2 Å². The van der Waals surface area contributed by atoms with Crippen molar-refractivity contribution >= 4 is 16.8 Å². The lowest BCUT2D eigenvalue weighted by Crippen LogP contribution is -2.27. The van der Waals surface area contributed by atoms with Crippen LogP contribution in [0.3, 0.4) is 0 Å². The molecule has 0 bridgehead atoms. The molecule has 0 aliphatic heterocycles. The van der Waals surface area contributed by atoms with Crippen molar-refractivity contribution in [2.24, 2.45) is 0 Å². The Hall–Kier alpha value is -2.35. The lowest BCUT2D eigenvalue weighted by Gasteiger charge is -2.13. The number of rotatable bonds is 6. The molecule has 2 aromatic rings.